The van der Waals surface area contributed by atoms with Crippen LogP contribution in [0.2, 0.25) is 0 Å². The molecule has 2 atom stereocenters. The molecule has 0 spiro atoms. The van der Waals surface area contributed by atoms with Gasteiger partial charge in [0.25, 0.3) is 5.91 Å². The van der Waals surface area contributed by atoms with Crippen LogP contribution in [0.1, 0.15) is 36.0 Å². The maximum absolute atomic E-state index is 13.7. The molecular weight excluding hydrogens is 245 g/mol. The highest BCUT2D eigenvalue weighted by atomic mass is 19.1. The van der Waals surface area contributed by atoms with E-state index in [0.29, 0.717) is 17.8 Å². The van der Waals surface area contributed by atoms with Gasteiger partial charge in [0.15, 0.2) is 0 Å². The summed E-state index contributed by atoms with van der Waals surface area (Å²) in [5, 5.41) is 6.84. The fourth-order valence-electron chi connectivity index (χ4n) is 3.29. The molecule has 0 radical (unpaired) electrons. The summed E-state index contributed by atoms with van der Waals surface area (Å²) in [6.45, 7) is 0. The van der Waals surface area contributed by atoms with Crippen molar-refractivity contribution in [3.05, 3.63) is 29.6 Å². The van der Waals surface area contributed by atoms with E-state index in [-0.39, 0.29) is 11.6 Å². The molecule has 3 rings (SSSR count). The van der Waals surface area contributed by atoms with Gasteiger partial charge < -0.3 is 16.4 Å². The minimum Gasteiger partial charge on any atom is -0.381 e. The van der Waals surface area contributed by atoms with Crippen LogP contribution in [-0.4, -0.2) is 24.0 Å². The topological polar surface area (TPSA) is 67.2 Å². The number of nitrogens with one attached hydrogen (secondary N) is 2. The molecule has 2 heterocycles. The van der Waals surface area contributed by atoms with Crippen LogP contribution < -0.4 is 16.4 Å². The van der Waals surface area contributed by atoms with Crippen LogP contribution in [0.4, 0.5) is 10.1 Å². The molecule has 4 nitrogen and oxygen atoms in total. The molecule has 5 heteroatoms. The van der Waals surface area contributed by atoms with Crippen LogP contribution in [0.15, 0.2) is 18.2 Å². The summed E-state index contributed by atoms with van der Waals surface area (Å²) in [5.74, 6) is -1.29. The normalized spacial score (nSPS) is 29.2. The van der Waals surface area contributed by atoms with E-state index < -0.39 is 11.7 Å². The van der Waals surface area contributed by atoms with Gasteiger partial charge in [-0.15, -0.1) is 0 Å². The number of nitrogens with two attached hydrogens (primary N) is 1. The van der Waals surface area contributed by atoms with E-state index in [1.54, 1.807) is 12.1 Å². The molecule has 2 aliphatic heterocycles. The Hall–Kier alpha value is -1.62. The van der Waals surface area contributed by atoms with Crippen molar-refractivity contribution in [2.75, 3.05) is 5.32 Å². The second-order valence-corrected chi connectivity index (χ2v) is 5.48. The highest BCUT2D eigenvalue weighted by Crippen LogP contribution is 2.30. The van der Waals surface area contributed by atoms with Crippen LogP contribution in [-0.2, 0) is 0 Å². The molecule has 1 aromatic rings. The maximum Gasteiger partial charge on any atom is 0.253 e. The first-order valence-electron chi connectivity index (χ1n) is 6.74. The Kier molecular flexibility index (Phi) is 3.14. The molecule has 0 saturated carbocycles. The molecule has 1 amide bonds. The zero-order valence-electron chi connectivity index (χ0n) is 10.7. The second kappa shape index (κ2) is 4.81. The summed E-state index contributed by atoms with van der Waals surface area (Å²) in [6, 6.07) is 5.94. The van der Waals surface area contributed by atoms with Crippen molar-refractivity contribution < 1.29 is 9.18 Å². The van der Waals surface area contributed by atoms with Gasteiger partial charge in [0, 0.05) is 18.1 Å². The smallest absolute Gasteiger partial charge is 0.253 e. The quantitative estimate of drug-likeness (QED) is 0.776. The Balaban J connectivity index is 1.80. The lowest BCUT2D eigenvalue weighted by atomic mass is 9.99. The zero-order valence-corrected chi connectivity index (χ0v) is 10.7. The van der Waals surface area contributed by atoms with E-state index in [4.69, 9.17) is 5.73 Å². The van der Waals surface area contributed by atoms with Gasteiger partial charge in [0.1, 0.15) is 5.82 Å². The van der Waals surface area contributed by atoms with Gasteiger partial charge in [-0.3, -0.25) is 4.79 Å². The van der Waals surface area contributed by atoms with Gasteiger partial charge in [-0.1, -0.05) is 6.07 Å². The molecule has 2 aliphatic rings. The second-order valence-electron chi connectivity index (χ2n) is 5.48. The third-order valence-electron chi connectivity index (χ3n) is 4.09. The number of anilines is 1. The minimum absolute atomic E-state index is 0.0339. The van der Waals surface area contributed by atoms with Crippen molar-refractivity contribution in [2.24, 2.45) is 5.73 Å². The van der Waals surface area contributed by atoms with Gasteiger partial charge in [0.05, 0.1) is 11.3 Å². The van der Waals surface area contributed by atoms with Crippen molar-refractivity contribution in [2.45, 2.75) is 43.8 Å². The summed E-state index contributed by atoms with van der Waals surface area (Å²) >= 11 is 0. The van der Waals surface area contributed by atoms with Crippen LogP contribution in [0.25, 0.3) is 0 Å². The minimum atomic E-state index is -0.725. The molecule has 102 valence electrons. The average molecular weight is 263 g/mol. The monoisotopic (exact) mass is 263 g/mol. The van der Waals surface area contributed by atoms with Crippen molar-refractivity contribution in [1.29, 1.82) is 0 Å². The van der Waals surface area contributed by atoms with Crippen molar-refractivity contribution in [1.82, 2.24) is 5.32 Å². The third-order valence-corrected chi connectivity index (χ3v) is 4.09. The predicted molar refractivity (Wildman–Crippen MR) is 71.5 cm³/mol. The third kappa shape index (κ3) is 2.42. The van der Waals surface area contributed by atoms with Crippen molar-refractivity contribution in [3.8, 4) is 0 Å². The molecular formula is C14H18FN3O. The van der Waals surface area contributed by atoms with E-state index in [1.807, 2.05) is 0 Å². The first kappa shape index (κ1) is 12.4. The number of piperidine rings is 1. The molecule has 2 unspecified atom stereocenters. The fraction of sp³-hybridized carbons (Fsp3) is 0.500. The number of primary amides is 1. The van der Waals surface area contributed by atoms with Gasteiger partial charge in [-0.05, 0) is 37.8 Å². The first-order valence-corrected chi connectivity index (χ1v) is 6.74. The molecule has 2 bridgehead atoms. The Labute approximate surface area is 111 Å². The van der Waals surface area contributed by atoms with Crippen molar-refractivity contribution >= 4 is 11.6 Å². The molecule has 4 N–H and O–H groups in total. The lowest BCUT2D eigenvalue weighted by Gasteiger charge is -2.30. The summed E-state index contributed by atoms with van der Waals surface area (Å²) in [6.07, 6.45) is 4.42. The van der Waals surface area contributed by atoms with Crippen LogP contribution >= 0.6 is 0 Å². The summed E-state index contributed by atoms with van der Waals surface area (Å²) in [4.78, 5) is 11.4. The predicted octanol–water partition coefficient (Wildman–Crippen LogP) is 1.62. The van der Waals surface area contributed by atoms with E-state index in [0.717, 1.165) is 12.8 Å². The van der Waals surface area contributed by atoms with Gasteiger partial charge >= 0.3 is 0 Å². The van der Waals surface area contributed by atoms with E-state index in [2.05, 4.69) is 10.6 Å². The van der Waals surface area contributed by atoms with Gasteiger partial charge in [-0.2, -0.15) is 0 Å². The maximum atomic E-state index is 13.7. The van der Waals surface area contributed by atoms with Crippen LogP contribution in [0.5, 0.6) is 0 Å². The number of fused-ring (bicyclic) bond motifs is 2. The van der Waals surface area contributed by atoms with E-state index in [1.165, 1.54) is 18.9 Å². The SMILES string of the molecule is NC(=O)c1c(F)cccc1NC1CC2CCC(C1)N2. The largest absolute Gasteiger partial charge is 0.381 e. The van der Waals surface area contributed by atoms with E-state index >= 15 is 0 Å². The summed E-state index contributed by atoms with van der Waals surface area (Å²) in [5.41, 5.74) is 5.74. The van der Waals surface area contributed by atoms with Gasteiger partial charge in [-0.25, -0.2) is 4.39 Å². The van der Waals surface area contributed by atoms with Crippen LogP contribution in [0.3, 0.4) is 0 Å². The lowest BCUT2D eigenvalue weighted by molar-refractivity contribution is 0.0997. The number of amides is 1. The molecule has 2 fully saturated rings. The van der Waals surface area contributed by atoms with Gasteiger partial charge in [0.2, 0.25) is 0 Å². The fourth-order valence-corrected chi connectivity index (χ4v) is 3.29. The summed E-state index contributed by atoms with van der Waals surface area (Å²) in [7, 11) is 0. The Morgan fingerprint density at radius 3 is 2.63 bits per heavy atom. The molecule has 0 aromatic heterocycles. The van der Waals surface area contributed by atoms with Crippen molar-refractivity contribution in [3.63, 3.8) is 0 Å². The number of rotatable bonds is 3. The highest BCUT2D eigenvalue weighted by Gasteiger charge is 2.33. The number of halogens is 1. The number of carbonyl (C=O) groups is 1. The Morgan fingerprint density at radius 1 is 1.32 bits per heavy atom. The number of hydrogen-bond donors (Lipinski definition) is 3. The first-order chi connectivity index (χ1) is 9.13. The standard InChI is InChI=1S/C14H18FN3O/c15-11-2-1-3-12(13(11)14(16)19)18-10-6-8-4-5-9(7-10)17-8/h1-3,8-10,17-18H,4-7H2,(H2,16,19). The number of benzene rings is 1. The molecule has 0 aliphatic carbocycles. The lowest BCUT2D eigenvalue weighted by Crippen LogP contribution is -2.43. The Bertz CT molecular complexity index is 493. The molecule has 1 aromatic carbocycles. The number of hydrogen-bond acceptors (Lipinski definition) is 3. The number of carbonyl (C=O) groups excluding carboxylic acids is 1. The summed E-state index contributed by atoms with van der Waals surface area (Å²) < 4.78 is 13.7. The average Bonchev–Trinajstić information content (AvgIpc) is 2.68. The van der Waals surface area contributed by atoms with E-state index in [9.17, 15) is 9.18 Å². The molecule has 2 saturated heterocycles. The molecule has 19 heavy (non-hydrogen) atoms. The highest BCUT2D eigenvalue weighted by molar-refractivity contribution is 5.98. The Morgan fingerprint density at radius 2 is 2.00 bits per heavy atom. The van der Waals surface area contributed by atoms with Crippen LogP contribution in [0, 0.1) is 5.82 Å². The zero-order chi connectivity index (χ0) is 13.4.